The third-order valence-corrected chi connectivity index (χ3v) is 10.4. The molecular formula is C42H31N5S. The van der Waals surface area contributed by atoms with E-state index in [0.717, 1.165) is 28.2 Å². The van der Waals surface area contributed by atoms with E-state index in [9.17, 15) is 0 Å². The van der Waals surface area contributed by atoms with Crippen molar-refractivity contribution in [2.24, 2.45) is 0 Å². The zero-order valence-corrected chi connectivity index (χ0v) is 27.4. The number of para-hydroxylation sites is 3. The van der Waals surface area contributed by atoms with Gasteiger partial charge in [0.1, 0.15) is 0 Å². The third-order valence-electron chi connectivity index (χ3n) is 9.28. The van der Waals surface area contributed by atoms with Crippen molar-refractivity contribution >= 4 is 46.1 Å². The number of fused-ring (bicyclic) bond motifs is 4. The van der Waals surface area contributed by atoms with Crippen molar-refractivity contribution in [3.8, 4) is 22.8 Å². The highest BCUT2D eigenvalue weighted by Gasteiger charge is 2.40. The Labute approximate surface area is 284 Å². The number of aromatic nitrogens is 3. The molecule has 5 nitrogen and oxygen atoms in total. The fourth-order valence-electron chi connectivity index (χ4n) is 6.92. The molecule has 3 heterocycles. The normalized spacial score (nSPS) is 14.0. The number of hydrogen-bond donors (Lipinski definition) is 0. The molecule has 0 N–H and O–H groups in total. The minimum Gasteiger partial charge on any atom is -0.308 e. The average Bonchev–Trinajstić information content (AvgIpc) is 3.14. The van der Waals surface area contributed by atoms with E-state index in [0.29, 0.717) is 17.6 Å². The largest absolute Gasteiger partial charge is 0.308 e. The Morgan fingerprint density at radius 2 is 1.02 bits per heavy atom. The van der Waals surface area contributed by atoms with E-state index in [2.05, 4.69) is 139 Å². The Kier molecular flexibility index (Phi) is 6.66. The SMILES string of the molecule is CC1(C)c2ccccc2N(c2nc(-c3ccccc3)nc(-c3ccccc3)n2)c2cc3c(cc21)N(c1ccccc1)c1ccccc1S3. The van der Waals surface area contributed by atoms with Gasteiger partial charge >= 0.3 is 0 Å². The molecule has 6 aromatic carbocycles. The number of nitrogens with zero attached hydrogens (tertiary/aromatic N) is 5. The molecule has 0 radical (unpaired) electrons. The molecule has 1 aromatic heterocycles. The zero-order valence-electron chi connectivity index (χ0n) is 26.6. The topological polar surface area (TPSA) is 45.2 Å². The summed E-state index contributed by atoms with van der Waals surface area (Å²) in [5, 5.41) is 0. The summed E-state index contributed by atoms with van der Waals surface area (Å²) < 4.78 is 0. The number of anilines is 6. The van der Waals surface area contributed by atoms with Crippen LogP contribution in [0.2, 0.25) is 0 Å². The van der Waals surface area contributed by atoms with Crippen molar-refractivity contribution in [2.75, 3.05) is 9.80 Å². The molecule has 6 heteroatoms. The molecule has 9 rings (SSSR count). The zero-order chi connectivity index (χ0) is 32.2. The number of rotatable bonds is 4. The summed E-state index contributed by atoms with van der Waals surface area (Å²) in [6, 6.07) is 53.0. The monoisotopic (exact) mass is 637 g/mol. The second-order valence-corrected chi connectivity index (χ2v) is 13.7. The van der Waals surface area contributed by atoms with Gasteiger partial charge < -0.3 is 4.90 Å². The van der Waals surface area contributed by atoms with Crippen molar-refractivity contribution in [3.05, 3.63) is 163 Å². The van der Waals surface area contributed by atoms with Crippen molar-refractivity contribution in [1.29, 1.82) is 0 Å². The van der Waals surface area contributed by atoms with Crippen LogP contribution in [-0.4, -0.2) is 15.0 Å². The van der Waals surface area contributed by atoms with Crippen molar-refractivity contribution in [3.63, 3.8) is 0 Å². The lowest BCUT2D eigenvalue weighted by Gasteiger charge is -2.43. The minimum atomic E-state index is -0.293. The Morgan fingerprint density at radius 1 is 0.458 bits per heavy atom. The maximum Gasteiger partial charge on any atom is 0.238 e. The third kappa shape index (κ3) is 4.60. The van der Waals surface area contributed by atoms with E-state index >= 15 is 0 Å². The summed E-state index contributed by atoms with van der Waals surface area (Å²) in [5.41, 5.74) is 9.65. The van der Waals surface area contributed by atoms with Crippen LogP contribution in [0.1, 0.15) is 25.0 Å². The summed E-state index contributed by atoms with van der Waals surface area (Å²) in [4.78, 5) is 22.4. The standard InChI is InChI=1S/C42H31N5S/c1-42(2)31-22-12-13-23-33(31)47(41-44-39(28-16-6-3-7-17-28)43-40(45-41)29-18-8-4-9-19-29)35-27-38-36(26-32(35)42)46(30-20-10-5-11-21-30)34-24-14-15-25-37(34)48-38/h3-27H,1-2H3. The van der Waals surface area contributed by atoms with Crippen LogP contribution >= 0.6 is 11.8 Å². The lowest BCUT2D eigenvalue weighted by Crippen LogP contribution is -2.32. The Morgan fingerprint density at radius 3 is 1.69 bits per heavy atom. The number of benzene rings is 6. The van der Waals surface area contributed by atoms with Crippen molar-refractivity contribution < 1.29 is 0 Å². The van der Waals surface area contributed by atoms with Crippen LogP contribution in [0.4, 0.5) is 34.4 Å². The van der Waals surface area contributed by atoms with Crippen LogP contribution in [0.25, 0.3) is 22.8 Å². The highest BCUT2D eigenvalue weighted by atomic mass is 32.2. The maximum atomic E-state index is 5.20. The summed E-state index contributed by atoms with van der Waals surface area (Å²) in [5.74, 6) is 1.87. The molecule has 0 spiro atoms. The van der Waals surface area contributed by atoms with Gasteiger partial charge in [0.25, 0.3) is 0 Å². The lowest BCUT2D eigenvalue weighted by atomic mass is 9.73. The molecule has 0 bridgehead atoms. The molecule has 7 aromatic rings. The van der Waals surface area contributed by atoms with E-state index in [1.807, 2.05) is 48.2 Å². The molecule has 0 amide bonds. The van der Waals surface area contributed by atoms with E-state index < -0.39 is 0 Å². The predicted molar refractivity (Wildman–Crippen MR) is 196 cm³/mol. The molecule has 2 aliphatic rings. The quantitative estimate of drug-likeness (QED) is 0.191. The smallest absolute Gasteiger partial charge is 0.238 e. The molecule has 0 saturated carbocycles. The van der Waals surface area contributed by atoms with Crippen LogP contribution in [-0.2, 0) is 5.41 Å². The second-order valence-electron chi connectivity index (χ2n) is 12.6. The molecule has 0 fully saturated rings. The molecule has 0 unspecified atom stereocenters. The summed E-state index contributed by atoms with van der Waals surface area (Å²) >= 11 is 1.81. The van der Waals surface area contributed by atoms with Gasteiger partial charge in [-0.05, 0) is 53.6 Å². The highest BCUT2D eigenvalue weighted by molar-refractivity contribution is 7.99. The molecule has 0 saturated heterocycles. The van der Waals surface area contributed by atoms with Gasteiger partial charge in [-0.15, -0.1) is 0 Å². The lowest BCUT2D eigenvalue weighted by molar-refractivity contribution is 0.630. The van der Waals surface area contributed by atoms with E-state index in [4.69, 9.17) is 15.0 Å². The first-order valence-corrected chi connectivity index (χ1v) is 16.9. The fourth-order valence-corrected chi connectivity index (χ4v) is 7.99. The molecule has 0 atom stereocenters. The average molecular weight is 638 g/mol. The first-order valence-electron chi connectivity index (χ1n) is 16.1. The van der Waals surface area contributed by atoms with Crippen molar-refractivity contribution in [2.45, 2.75) is 29.1 Å². The molecule has 230 valence electrons. The first-order chi connectivity index (χ1) is 23.6. The Bertz CT molecular complexity index is 2250. The van der Waals surface area contributed by atoms with Gasteiger partial charge in [-0.3, -0.25) is 4.90 Å². The summed E-state index contributed by atoms with van der Waals surface area (Å²) in [6.45, 7) is 4.65. The summed E-state index contributed by atoms with van der Waals surface area (Å²) in [7, 11) is 0. The van der Waals surface area contributed by atoms with Gasteiger partial charge in [-0.1, -0.05) is 135 Å². The van der Waals surface area contributed by atoms with Crippen LogP contribution in [0.3, 0.4) is 0 Å². The number of hydrogen-bond acceptors (Lipinski definition) is 6. The molecule has 2 aliphatic heterocycles. The minimum absolute atomic E-state index is 0.293. The van der Waals surface area contributed by atoms with E-state index in [-0.39, 0.29) is 5.41 Å². The summed E-state index contributed by atoms with van der Waals surface area (Å²) in [6.07, 6.45) is 0. The fraction of sp³-hybridized carbons (Fsp3) is 0.0714. The first kappa shape index (κ1) is 28.5. The van der Waals surface area contributed by atoms with Gasteiger partial charge in [-0.2, -0.15) is 9.97 Å². The molecule has 48 heavy (non-hydrogen) atoms. The van der Waals surface area contributed by atoms with Gasteiger partial charge in [-0.25, -0.2) is 4.98 Å². The van der Waals surface area contributed by atoms with Gasteiger partial charge in [0, 0.05) is 32.0 Å². The predicted octanol–water partition coefficient (Wildman–Crippen LogP) is 11.2. The highest BCUT2D eigenvalue weighted by Crippen LogP contribution is 2.58. The van der Waals surface area contributed by atoms with Gasteiger partial charge in [0.15, 0.2) is 11.6 Å². The van der Waals surface area contributed by atoms with Crippen LogP contribution in [0, 0.1) is 0 Å². The van der Waals surface area contributed by atoms with Crippen LogP contribution in [0.15, 0.2) is 161 Å². The van der Waals surface area contributed by atoms with Crippen molar-refractivity contribution in [1.82, 2.24) is 15.0 Å². The Hall–Kier alpha value is -5.72. The van der Waals surface area contributed by atoms with Gasteiger partial charge in [0.2, 0.25) is 5.95 Å². The second kappa shape index (κ2) is 11.2. The molecular weight excluding hydrogens is 607 g/mol. The van der Waals surface area contributed by atoms with Crippen LogP contribution < -0.4 is 9.80 Å². The Balaban J connectivity index is 1.31. The molecule has 0 aliphatic carbocycles. The van der Waals surface area contributed by atoms with Crippen LogP contribution in [0.5, 0.6) is 0 Å². The van der Waals surface area contributed by atoms with Gasteiger partial charge in [0.05, 0.1) is 22.7 Å². The van der Waals surface area contributed by atoms with E-state index in [1.165, 1.54) is 32.3 Å². The maximum absolute atomic E-state index is 5.20. The van der Waals surface area contributed by atoms with E-state index in [1.54, 1.807) is 0 Å².